The molecule has 22 heavy (non-hydrogen) atoms. The molecule has 0 aromatic heterocycles. The number of benzene rings is 2. The molecule has 4 nitrogen and oxygen atoms in total. The van der Waals surface area contributed by atoms with Crippen LogP contribution in [0, 0.1) is 11.8 Å². The largest absolute Gasteiger partial charge is 0.493 e. The number of esters is 1. The molecule has 0 spiro atoms. The summed E-state index contributed by atoms with van der Waals surface area (Å²) in [6.07, 6.45) is 0. The summed E-state index contributed by atoms with van der Waals surface area (Å²) in [6, 6.07) is 12.7. The number of hydrogen-bond acceptors (Lipinski definition) is 4. The Hall–Kier alpha value is -2.93. The number of ether oxygens (including phenoxy) is 3. The molecule has 0 atom stereocenters. The molecule has 112 valence electrons. The van der Waals surface area contributed by atoms with Crippen molar-refractivity contribution in [3.8, 4) is 23.3 Å². The van der Waals surface area contributed by atoms with E-state index in [9.17, 15) is 4.79 Å². The lowest BCUT2D eigenvalue weighted by Gasteiger charge is -2.12. The minimum atomic E-state index is -0.474. The van der Waals surface area contributed by atoms with E-state index in [-0.39, 0.29) is 0 Å². The third kappa shape index (κ3) is 3.21. The first kappa shape index (κ1) is 15.5. The summed E-state index contributed by atoms with van der Waals surface area (Å²) in [5.74, 6) is 6.44. The van der Waals surface area contributed by atoms with Crippen molar-refractivity contribution in [3.63, 3.8) is 0 Å². The highest BCUT2D eigenvalue weighted by atomic mass is 16.5. The molecule has 0 aliphatic rings. The normalized spacial score (nSPS) is 9.41. The van der Waals surface area contributed by atoms with Crippen molar-refractivity contribution in [2.75, 3.05) is 21.3 Å². The summed E-state index contributed by atoms with van der Waals surface area (Å²) in [5, 5.41) is 0. The van der Waals surface area contributed by atoms with Gasteiger partial charge >= 0.3 is 5.97 Å². The van der Waals surface area contributed by atoms with Crippen molar-refractivity contribution in [3.05, 3.63) is 59.2 Å². The Kier molecular flexibility index (Phi) is 5.05. The van der Waals surface area contributed by atoms with Gasteiger partial charge in [0.25, 0.3) is 0 Å². The lowest BCUT2D eigenvalue weighted by Crippen LogP contribution is -2.06. The van der Waals surface area contributed by atoms with E-state index in [0.717, 1.165) is 5.56 Å². The molecule has 0 fully saturated rings. The Morgan fingerprint density at radius 2 is 1.64 bits per heavy atom. The van der Waals surface area contributed by atoms with Crippen LogP contribution in [0.4, 0.5) is 0 Å². The van der Waals surface area contributed by atoms with Crippen LogP contribution in [-0.2, 0) is 4.74 Å². The second-order valence-electron chi connectivity index (χ2n) is 4.33. The molecule has 2 aromatic rings. The van der Waals surface area contributed by atoms with E-state index in [1.807, 2.05) is 30.3 Å². The quantitative estimate of drug-likeness (QED) is 0.645. The fraction of sp³-hybridized carbons (Fsp3) is 0.167. The molecule has 0 aliphatic carbocycles. The number of methoxy groups -OCH3 is 3. The third-order valence-corrected chi connectivity index (χ3v) is 3.06. The average molecular weight is 296 g/mol. The van der Waals surface area contributed by atoms with Gasteiger partial charge < -0.3 is 14.2 Å². The summed E-state index contributed by atoms with van der Waals surface area (Å²) in [5.41, 5.74) is 1.62. The van der Waals surface area contributed by atoms with Gasteiger partial charge in [0.05, 0.1) is 32.5 Å². The van der Waals surface area contributed by atoms with Gasteiger partial charge in [0, 0.05) is 5.56 Å². The lowest BCUT2D eigenvalue weighted by atomic mass is 10.0. The van der Waals surface area contributed by atoms with Crippen molar-refractivity contribution in [2.24, 2.45) is 0 Å². The van der Waals surface area contributed by atoms with Crippen LogP contribution in [0.3, 0.4) is 0 Å². The lowest BCUT2D eigenvalue weighted by molar-refractivity contribution is 0.0600. The second-order valence-corrected chi connectivity index (χ2v) is 4.33. The molecule has 0 unspecified atom stereocenters. The van der Waals surface area contributed by atoms with E-state index >= 15 is 0 Å². The number of rotatable bonds is 3. The molecular formula is C18H16O4. The minimum absolute atomic E-state index is 0.337. The Morgan fingerprint density at radius 3 is 2.23 bits per heavy atom. The minimum Gasteiger partial charge on any atom is -0.493 e. The van der Waals surface area contributed by atoms with Crippen molar-refractivity contribution in [1.82, 2.24) is 0 Å². The summed E-state index contributed by atoms with van der Waals surface area (Å²) in [6.45, 7) is 0. The molecule has 0 amide bonds. The summed E-state index contributed by atoms with van der Waals surface area (Å²) < 4.78 is 15.4. The zero-order valence-corrected chi connectivity index (χ0v) is 12.7. The van der Waals surface area contributed by atoms with Crippen LogP contribution in [0.5, 0.6) is 11.5 Å². The molecule has 2 aromatic carbocycles. The predicted octanol–water partition coefficient (Wildman–Crippen LogP) is 2.89. The predicted molar refractivity (Wildman–Crippen MR) is 83.3 cm³/mol. The molecular weight excluding hydrogens is 280 g/mol. The van der Waals surface area contributed by atoms with Gasteiger partial charge in [-0.05, 0) is 24.3 Å². The fourth-order valence-electron chi connectivity index (χ4n) is 1.99. The van der Waals surface area contributed by atoms with Gasteiger partial charge in [-0.1, -0.05) is 30.0 Å². The van der Waals surface area contributed by atoms with Crippen LogP contribution in [0.15, 0.2) is 42.5 Å². The average Bonchev–Trinajstić information content (AvgIpc) is 2.59. The monoisotopic (exact) mass is 296 g/mol. The highest BCUT2D eigenvalue weighted by Crippen LogP contribution is 2.33. The van der Waals surface area contributed by atoms with E-state index < -0.39 is 5.97 Å². The van der Waals surface area contributed by atoms with Gasteiger partial charge in [0.1, 0.15) is 0 Å². The van der Waals surface area contributed by atoms with Crippen LogP contribution in [0.2, 0.25) is 0 Å². The number of hydrogen-bond donors (Lipinski definition) is 0. The second kappa shape index (κ2) is 7.19. The van der Waals surface area contributed by atoms with Crippen LogP contribution >= 0.6 is 0 Å². The van der Waals surface area contributed by atoms with Crippen molar-refractivity contribution < 1.29 is 19.0 Å². The van der Waals surface area contributed by atoms with Gasteiger partial charge in [-0.3, -0.25) is 0 Å². The molecule has 0 N–H and O–H groups in total. The maximum absolute atomic E-state index is 11.9. The zero-order valence-electron chi connectivity index (χ0n) is 12.7. The zero-order chi connectivity index (χ0) is 15.9. The Bertz CT molecular complexity index is 724. The standard InChI is InChI=1S/C18H16O4/c1-20-16-12-11-15(18(19)22-3)14(17(16)21-2)10-9-13-7-5-4-6-8-13/h4-8,11-12H,1-3H3. The van der Waals surface area contributed by atoms with E-state index in [4.69, 9.17) is 14.2 Å². The van der Waals surface area contributed by atoms with Gasteiger partial charge in [-0.25, -0.2) is 4.79 Å². The highest BCUT2D eigenvalue weighted by molar-refractivity contribution is 5.94. The first-order valence-electron chi connectivity index (χ1n) is 6.61. The van der Waals surface area contributed by atoms with Crippen molar-refractivity contribution in [2.45, 2.75) is 0 Å². The summed E-state index contributed by atoms with van der Waals surface area (Å²) in [7, 11) is 4.37. The SMILES string of the molecule is COC(=O)c1ccc(OC)c(OC)c1C#Cc1ccccc1. The van der Waals surface area contributed by atoms with Crippen molar-refractivity contribution in [1.29, 1.82) is 0 Å². The molecule has 0 radical (unpaired) electrons. The van der Waals surface area contributed by atoms with Crippen LogP contribution < -0.4 is 9.47 Å². The molecule has 0 aliphatic heterocycles. The molecule has 0 saturated heterocycles. The maximum Gasteiger partial charge on any atom is 0.339 e. The topological polar surface area (TPSA) is 44.8 Å². The molecule has 0 bridgehead atoms. The maximum atomic E-state index is 11.9. The molecule has 0 saturated carbocycles. The Morgan fingerprint density at radius 1 is 0.909 bits per heavy atom. The first-order valence-corrected chi connectivity index (χ1v) is 6.61. The van der Waals surface area contributed by atoms with Gasteiger partial charge in [0.2, 0.25) is 0 Å². The van der Waals surface area contributed by atoms with Gasteiger partial charge in [0.15, 0.2) is 11.5 Å². The summed E-state index contributed by atoms with van der Waals surface area (Å²) >= 11 is 0. The number of carbonyl (C=O) groups excluding carboxylic acids is 1. The summed E-state index contributed by atoms with van der Waals surface area (Å²) in [4.78, 5) is 11.9. The highest BCUT2D eigenvalue weighted by Gasteiger charge is 2.18. The first-order chi connectivity index (χ1) is 10.7. The van der Waals surface area contributed by atoms with Crippen LogP contribution in [0.25, 0.3) is 0 Å². The van der Waals surface area contributed by atoms with E-state index in [0.29, 0.717) is 22.6 Å². The van der Waals surface area contributed by atoms with E-state index in [1.165, 1.54) is 21.3 Å². The third-order valence-electron chi connectivity index (χ3n) is 3.06. The molecule has 2 rings (SSSR count). The van der Waals surface area contributed by atoms with E-state index in [2.05, 4.69) is 11.8 Å². The number of carbonyl (C=O) groups is 1. The fourth-order valence-corrected chi connectivity index (χ4v) is 1.99. The Balaban J connectivity index is 2.60. The molecule has 0 heterocycles. The molecule has 4 heteroatoms. The smallest absolute Gasteiger partial charge is 0.339 e. The van der Waals surface area contributed by atoms with Crippen LogP contribution in [0.1, 0.15) is 21.5 Å². The van der Waals surface area contributed by atoms with Gasteiger partial charge in [-0.15, -0.1) is 0 Å². The Labute approximate surface area is 129 Å². The van der Waals surface area contributed by atoms with Crippen LogP contribution in [-0.4, -0.2) is 27.3 Å². The van der Waals surface area contributed by atoms with Gasteiger partial charge in [-0.2, -0.15) is 0 Å². The van der Waals surface area contributed by atoms with Crippen molar-refractivity contribution >= 4 is 5.97 Å². The van der Waals surface area contributed by atoms with E-state index in [1.54, 1.807) is 12.1 Å².